The van der Waals surface area contributed by atoms with Crippen LogP contribution in [0.15, 0.2) is 12.1 Å². The van der Waals surface area contributed by atoms with Crippen LogP contribution in [0.1, 0.15) is 5.82 Å². The summed E-state index contributed by atoms with van der Waals surface area (Å²) in [4.78, 5) is 14.3. The average molecular weight is 261 g/mol. The van der Waals surface area contributed by atoms with Crippen LogP contribution in [0.3, 0.4) is 0 Å². The molecule has 1 fully saturated rings. The molecule has 0 radical (unpaired) electrons. The maximum absolute atomic E-state index is 5.69. The van der Waals surface area contributed by atoms with Crippen LogP contribution < -0.4 is 10.2 Å². The second kappa shape index (κ2) is 5.14. The first kappa shape index (κ1) is 12.4. The van der Waals surface area contributed by atoms with E-state index in [1.165, 1.54) is 0 Å². The maximum Gasteiger partial charge on any atom is 0.179 e. The highest BCUT2D eigenvalue weighted by atomic mass is 16.5. The van der Waals surface area contributed by atoms with Gasteiger partial charge in [-0.3, -0.25) is 0 Å². The summed E-state index contributed by atoms with van der Waals surface area (Å²) in [6, 6.07) is 4.01. The quantitative estimate of drug-likeness (QED) is 0.845. The second-order valence-electron chi connectivity index (χ2n) is 5.02. The third-order valence-corrected chi connectivity index (χ3v) is 3.26. The van der Waals surface area contributed by atoms with E-state index < -0.39 is 0 Å². The van der Waals surface area contributed by atoms with Crippen molar-refractivity contribution in [2.75, 3.05) is 38.7 Å². The molecule has 0 bridgehead atoms. The van der Waals surface area contributed by atoms with Gasteiger partial charge < -0.3 is 19.9 Å². The Morgan fingerprint density at radius 1 is 1.37 bits per heavy atom. The minimum Gasteiger partial charge on any atom is -0.375 e. The van der Waals surface area contributed by atoms with Gasteiger partial charge in [0.25, 0.3) is 0 Å². The molecule has 2 aromatic heterocycles. The van der Waals surface area contributed by atoms with Gasteiger partial charge in [0.05, 0.1) is 18.2 Å². The van der Waals surface area contributed by atoms with Gasteiger partial charge in [0, 0.05) is 33.6 Å². The first-order valence-corrected chi connectivity index (χ1v) is 6.57. The molecule has 0 saturated carbocycles. The lowest BCUT2D eigenvalue weighted by atomic mass is 10.2. The van der Waals surface area contributed by atoms with Crippen LogP contribution >= 0.6 is 0 Å². The number of aromatic nitrogens is 3. The molecule has 0 amide bonds. The zero-order valence-corrected chi connectivity index (χ0v) is 11.3. The van der Waals surface area contributed by atoms with Gasteiger partial charge in [-0.1, -0.05) is 0 Å². The molecule has 6 nitrogen and oxygen atoms in total. The fraction of sp³-hybridized carbons (Fsp3) is 0.538. The van der Waals surface area contributed by atoms with Crippen LogP contribution in [0.2, 0.25) is 0 Å². The van der Waals surface area contributed by atoms with Crippen molar-refractivity contribution in [2.24, 2.45) is 0 Å². The number of nitrogens with zero attached hydrogens (tertiary/aromatic N) is 3. The molecule has 3 rings (SSSR count). The number of ether oxygens (including phenoxy) is 1. The van der Waals surface area contributed by atoms with Gasteiger partial charge in [-0.2, -0.15) is 0 Å². The Labute approximate surface area is 112 Å². The van der Waals surface area contributed by atoms with E-state index in [1.807, 2.05) is 31.1 Å². The van der Waals surface area contributed by atoms with Gasteiger partial charge >= 0.3 is 0 Å². The van der Waals surface area contributed by atoms with Crippen molar-refractivity contribution < 1.29 is 4.74 Å². The molecule has 3 heterocycles. The number of hydrogen-bond donors (Lipinski definition) is 2. The molecule has 1 aliphatic heterocycles. The standard InChI is InChI=1S/C13H19N5O/c1-18(2)12-4-3-10-13(17-12)16-11(15-10)7-9-8-14-5-6-19-9/h3-4,9,14H,5-8H2,1-2H3,(H,15,16,17). The maximum atomic E-state index is 5.69. The van der Waals surface area contributed by atoms with Crippen molar-refractivity contribution in [3.05, 3.63) is 18.0 Å². The summed E-state index contributed by atoms with van der Waals surface area (Å²) in [5.74, 6) is 1.85. The summed E-state index contributed by atoms with van der Waals surface area (Å²) in [7, 11) is 3.95. The molecule has 19 heavy (non-hydrogen) atoms. The predicted octanol–water partition coefficient (Wildman–Crippen LogP) is 0.555. The molecule has 0 aliphatic carbocycles. The molecule has 102 valence electrons. The first-order valence-electron chi connectivity index (χ1n) is 6.57. The largest absolute Gasteiger partial charge is 0.375 e. The van der Waals surface area contributed by atoms with Crippen LogP contribution in [-0.4, -0.2) is 54.8 Å². The van der Waals surface area contributed by atoms with E-state index in [0.29, 0.717) is 0 Å². The third-order valence-electron chi connectivity index (χ3n) is 3.26. The van der Waals surface area contributed by atoms with Crippen molar-refractivity contribution in [3.63, 3.8) is 0 Å². The monoisotopic (exact) mass is 261 g/mol. The topological polar surface area (TPSA) is 66.1 Å². The summed E-state index contributed by atoms with van der Waals surface area (Å²) < 4.78 is 5.69. The van der Waals surface area contributed by atoms with Gasteiger partial charge in [0.1, 0.15) is 11.6 Å². The number of fused-ring (bicyclic) bond motifs is 1. The lowest BCUT2D eigenvalue weighted by molar-refractivity contribution is 0.0282. The molecule has 0 spiro atoms. The molecule has 1 atom stereocenters. The summed E-state index contributed by atoms with van der Waals surface area (Å²) in [6.07, 6.45) is 0.989. The number of rotatable bonds is 3. The van der Waals surface area contributed by atoms with Gasteiger partial charge in [0.15, 0.2) is 5.65 Å². The number of hydrogen-bond acceptors (Lipinski definition) is 5. The Bertz CT molecular complexity index is 559. The number of imidazole rings is 1. The van der Waals surface area contributed by atoms with Crippen molar-refractivity contribution in [3.8, 4) is 0 Å². The zero-order valence-electron chi connectivity index (χ0n) is 11.3. The van der Waals surface area contributed by atoms with Gasteiger partial charge in [-0.05, 0) is 12.1 Å². The number of H-pyrrole nitrogens is 1. The summed E-state index contributed by atoms with van der Waals surface area (Å²) in [5, 5.41) is 3.32. The van der Waals surface area contributed by atoms with Crippen molar-refractivity contribution in [1.29, 1.82) is 0 Å². The Hall–Kier alpha value is -1.66. The zero-order chi connectivity index (χ0) is 13.2. The lowest BCUT2D eigenvalue weighted by Crippen LogP contribution is -2.39. The van der Waals surface area contributed by atoms with E-state index in [9.17, 15) is 0 Å². The predicted molar refractivity (Wildman–Crippen MR) is 74.5 cm³/mol. The number of morpholine rings is 1. The average Bonchev–Trinajstić information content (AvgIpc) is 2.80. The van der Waals surface area contributed by atoms with Crippen molar-refractivity contribution >= 4 is 17.0 Å². The normalized spacial score (nSPS) is 19.8. The van der Waals surface area contributed by atoms with Crippen molar-refractivity contribution in [2.45, 2.75) is 12.5 Å². The van der Waals surface area contributed by atoms with Gasteiger partial charge in [0.2, 0.25) is 0 Å². The molecule has 1 aliphatic rings. The van der Waals surface area contributed by atoms with E-state index in [2.05, 4.69) is 20.3 Å². The van der Waals surface area contributed by atoms with Crippen LogP contribution in [0.5, 0.6) is 0 Å². The number of nitrogens with one attached hydrogen (secondary N) is 2. The van der Waals surface area contributed by atoms with E-state index in [1.54, 1.807) is 0 Å². The number of anilines is 1. The van der Waals surface area contributed by atoms with E-state index in [-0.39, 0.29) is 6.10 Å². The van der Waals surface area contributed by atoms with Crippen LogP contribution in [-0.2, 0) is 11.2 Å². The second-order valence-corrected chi connectivity index (χ2v) is 5.02. The summed E-state index contributed by atoms with van der Waals surface area (Å²) in [5.41, 5.74) is 1.74. The molecular weight excluding hydrogens is 242 g/mol. The molecule has 2 N–H and O–H groups in total. The highest BCUT2D eigenvalue weighted by molar-refractivity contribution is 5.73. The Morgan fingerprint density at radius 3 is 3.00 bits per heavy atom. The summed E-state index contributed by atoms with van der Waals surface area (Å²) in [6.45, 7) is 2.59. The molecule has 6 heteroatoms. The fourth-order valence-electron chi connectivity index (χ4n) is 2.24. The third kappa shape index (κ3) is 2.69. The molecule has 1 unspecified atom stereocenters. The van der Waals surface area contributed by atoms with E-state index in [4.69, 9.17) is 4.74 Å². The number of pyridine rings is 1. The van der Waals surface area contributed by atoms with E-state index in [0.717, 1.165) is 48.9 Å². The highest BCUT2D eigenvalue weighted by Gasteiger charge is 2.16. The molecule has 0 aromatic carbocycles. The Kier molecular flexibility index (Phi) is 3.35. The minimum atomic E-state index is 0.197. The molecule has 1 saturated heterocycles. The number of aromatic amines is 1. The SMILES string of the molecule is CN(C)c1ccc2[nH]c(CC3CNCCO3)nc2n1. The fourth-order valence-corrected chi connectivity index (χ4v) is 2.24. The van der Waals surface area contributed by atoms with Crippen LogP contribution in [0.4, 0.5) is 5.82 Å². The van der Waals surface area contributed by atoms with E-state index >= 15 is 0 Å². The lowest BCUT2D eigenvalue weighted by Gasteiger charge is -2.22. The first-order chi connectivity index (χ1) is 9.22. The summed E-state index contributed by atoms with van der Waals surface area (Å²) >= 11 is 0. The van der Waals surface area contributed by atoms with Gasteiger partial charge in [-0.15, -0.1) is 0 Å². The molecular formula is C13H19N5O. The van der Waals surface area contributed by atoms with Crippen molar-refractivity contribution in [1.82, 2.24) is 20.3 Å². The smallest absolute Gasteiger partial charge is 0.179 e. The molecule has 2 aromatic rings. The Morgan fingerprint density at radius 2 is 2.26 bits per heavy atom. The van der Waals surface area contributed by atoms with Crippen LogP contribution in [0, 0.1) is 0 Å². The Balaban J connectivity index is 1.80. The van der Waals surface area contributed by atoms with Crippen LogP contribution in [0.25, 0.3) is 11.2 Å². The highest BCUT2D eigenvalue weighted by Crippen LogP contribution is 2.16. The van der Waals surface area contributed by atoms with Gasteiger partial charge in [-0.25, -0.2) is 9.97 Å². The minimum absolute atomic E-state index is 0.197.